The molecule has 0 saturated carbocycles. The van der Waals surface area contributed by atoms with Crippen LogP contribution in [-0.4, -0.2) is 32.7 Å². The maximum absolute atomic E-state index is 10.1. The van der Waals surface area contributed by atoms with Gasteiger partial charge in [0.2, 0.25) is 0 Å². The fourth-order valence-corrected chi connectivity index (χ4v) is 0.306. The maximum atomic E-state index is 10.1. The molecule has 0 aliphatic heterocycles. The summed E-state index contributed by atoms with van der Waals surface area (Å²) in [7, 11) is 2.66. The second-order valence-corrected chi connectivity index (χ2v) is 1.90. The molecule has 0 amide bonds. The van der Waals surface area contributed by atoms with E-state index in [9.17, 15) is 9.59 Å². The molecule has 0 rings (SSSR count). The predicted octanol–water partition coefficient (Wildman–Crippen LogP) is 0.985. The van der Waals surface area contributed by atoms with Crippen LogP contribution in [0.15, 0.2) is 0 Å². The molecule has 0 fully saturated rings. The van der Waals surface area contributed by atoms with Crippen molar-refractivity contribution in [2.45, 2.75) is 12.8 Å². The fraction of sp³-hybridized carbons (Fsp3) is 0.625. The fourth-order valence-electron chi connectivity index (χ4n) is 0.306. The van der Waals surface area contributed by atoms with Gasteiger partial charge in [-0.15, -0.1) is 6.54 Å². The van der Waals surface area contributed by atoms with Gasteiger partial charge in [0.15, 0.2) is 0 Å². The van der Waals surface area contributed by atoms with Crippen LogP contribution in [0.2, 0.25) is 0 Å². The number of hydrogen-bond donors (Lipinski definition) is 0. The molecule has 0 radical (unpaired) electrons. The smallest absolute Gasteiger partial charge is 0.677 e. The first-order chi connectivity index (χ1) is 6.12. The van der Waals surface area contributed by atoms with E-state index >= 15 is 0 Å². The second kappa shape index (κ2) is 15.4. The van der Waals surface area contributed by atoms with E-state index in [1.165, 1.54) is 14.2 Å². The molecular formula is C8H15NO4U. The largest absolute Gasteiger partial charge is 2.00 e. The summed E-state index contributed by atoms with van der Waals surface area (Å²) in [5.41, 5.74) is 6.54. The molecule has 0 heterocycles. The molecule has 0 spiro atoms. The van der Waals surface area contributed by atoms with E-state index in [1.54, 1.807) is 0 Å². The molecule has 0 aromatic carbocycles. The Labute approximate surface area is 108 Å². The van der Waals surface area contributed by atoms with Crippen LogP contribution in [0.4, 0.5) is 0 Å². The van der Waals surface area contributed by atoms with E-state index < -0.39 is 0 Å². The Bertz CT molecular complexity index is 146. The van der Waals surface area contributed by atoms with Crippen LogP contribution in [-0.2, 0) is 19.1 Å². The summed E-state index contributed by atoms with van der Waals surface area (Å²) in [4.78, 5) is 20.0. The van der Waals surface area contributed by atoms with Crippen molar-refractivity contribution in [2.75, 3.05) is 20.8 Å². The maximum Gasteiger partial charge on any atom is 2.00 e. The first-order valence-electron chi connectivity index (χ1n) is 3.69. The number of carbonyl (C=O) groups excluding carboxylic acids is 2. The van der Waals surface area contributed by atoms with E-state index in [1.807, 2.05) is 0 Å². The van der Waals surface area contributed by atoms with Crippen molar-refractivity contribution in [1.29, 1.82) is 0 Å². The Morgan fingerprint density at radius 2 is 1.64 bits per heavy atom. The molecule has 0 aromatic heterocycles. The average Bonchev–Trinajstić information content (AvgIpc) is 2.18. The van der Waals surface area contributed by atoms with Crippen LogP contribution in [0.25, 0.3) is 5.73 Å². The molecule has 0 unspecified atom stereocenters. The van der Waals surface area contributed by atoms with Gasteiger partial charge in [0, 0.05) is 6.42 Å². The Kier molecular flexibility index (Phi) is 21.5. The number of rotatable bonds is 3. The van der Waals surface area contributed by atoms with Crippen LogP contribution < -0.4 is 0 Å². The number of nitrogens with one attached hydrogen (secondary N) is 1. The standard InChI is InChI=1S/C4H8NO2.C4H7O2.U/c1-7-4(6)2-3-5;1-3-4(5)6-2;/h5H,2-3H2,1H3;1,3H2,2H3;/q2*-1;+2. The van der Waals surface area contributed by atoms with Crippen molar-refractivity contribution < 1.29 is 50.2 Å². The van der Waals surface area contributed by atoms with Gasteiger partial charge >= 0.3 is 37.1 Å². The molecule has 0 bridgehead atoms. The monoisotopic (exact) mass is 427 g/mol. The summed E-state index contributed by atoms with van der Waals surface area (Å²) in [5.74, 6) is -0.579. The topological polar surface area (TPSA) is 76.4 Å². The summed E-state index contributed by atoms with van der Waals surface area (Å²) < 4.78 is 8.43. The molecule has 0 aliphatic carbocycles. The summed E-state index contributed by atoms with van der Waals surface area (Å²) in [6, 6.07) is 0. The number of esters is 2. The van der Waals surface area contributed by atoms with Gasteiger partial charge in [-0.25, -0.2) is 0 Å². The Morgan fingerprint density at radius 3 is 1.71 bits per heavy atom. The zero-order valence-electron chi connectivity index (χ0n) is 8.46. The van der Waals surface area contributed by atoms with Gasteiger partial charge in [-0.05, 0) is 0 Å². The summed E-state index contributed by atoms with van der Waals surface area (Å²) in [5, 5.41) is 0. The van der Waals surface area contributed by atoms with Gasteiger partial charge in [-0.1, -0.05) is 6.42 Å². The minimum absolute atomic E-state index is 0. The van der Waals surface area contributed by atoms with Crippen LogP contribution in [0.5, 0.6) is 0 Å². The van der Waals surface area contributed by atoms with E-state index in [0.29, 0.717) is 0 Å². The van der Waals surface area contributed by atoms with E-state index in [2.05, 4.69) is 16.4 Å². The molecule has 0 aliphatic rings. The van der Waals surface area contributed by atoms with Crippen molar-refractivity contribution in [1.82, 2.24) is 0 Å². The summed E-state index contributed by atoms with van der Waals surface area (Å²) in [6.07, 6.45) is 0.424. The summed E-state index contributed by atoms with van der Waals surface area (Å²) in [6.45, 7) is 3.40. The van der Waals surface area contributed by atoms with E-state index in [4.69, 9.17) is 5.73 Å². The molecule has 5 nitrogen and oxygen atoms in total. The molecule has 0 atom stereocenters. The first-order valence-corrected chi connectivity index (χ1v) is 3.69. The van der Waals surface area contributed by atoms with Gasteiger partial charge in [0.05, 0.1) is 14.2 Å². The molecule has 14 heavy (non-hydrogen) atoms. The quantitative estimate of drug-likeness (QED) is 0.497. The Morgan fingerprint density at radius 1 is 1.21 bits per heavy atom. The van der Waals surface area contributed by atoms with Crippen LogP contribution in [0.1, 0.15) is 12.8 Å². The van der Waals surface area contributed by atoms with Gasteiger partial charge < -0.3 is 22.1 Å². The summed E-state index contributed by atoms with van der Waals surface area (Å²) >= 11 is 0. The van der Waals surface area contributed by atoms with Gasteiger partial charge in [-0.3, -0.25) is 9.59 Å². The Hall–Kier alpha value is -0.0481. The molecule has 80 valence electrons. The third-order valence-corrected chi connectivity index (χ3v) is 0.989. The minimum Gasteiger partial charge on any atom is -0.677 e. The second-order valence-electron chi connectivity index (χ2n) is 1.90. The zero-order valence-corrected chi connectivity index (χ0v) is 12.6. The first kappa shape index (κ1) is 19.5. The number of carbonyl (C=O) groups is 2. The SMILES string of the molecule is COC(=O)CC[NH-].[CH2-]CC(=O)OC.[U+2]. The molecule has 0 saturated heterocycles. The number of ether oxygens (including phenoxy) is 2. The van der Waals surface area contributed by atoms with Crippen molar-refractivity contribution in [3.8, 4) is 0 Å². The molecule has 6 heteroatoms. The third kappa shape index (κ3) is 17.9. The van der Waals surface area contributed by atoms with E-state index in [0.717, 1.165) is 0 Å². The molecule has 1 N–H and O–H groups in total. The average molecular weight is 427 g/mol. The van der Waals surface area contributed by atoms with E-state index in [-0.39, 0.29) is 62.4 Å². The van der Waals surface area contributed by atoms with Gasteiger partial charge in [-0.2, -0.15) is 0 Å². The Balaban J connectivity index is -0.000000163. The van der Waals surface area contributed by atoms with Crippen LogP contribution in [0, 0.1) is 38.0 Å². The van der Waals surface area contributed by atoms with Crippen molar-refractivity contribution >= 4 is 11.9 Å². The number of methoxy groups -OCH3 is 2. The minimum atomic E-state index is -0.310. The van der Waals surface area contributed by atoms with Crippen molar-refractivity contribution in [3.63, 3.8) is 0 Å². The zero-order chi connectivity index (χ0) is 10.7. The normalized spacial score (nSPS) is 7.43. The number of hydrogen-bond acceptors (Lipinski definition) is 4. The third-order valence-electron chi connectivity index (χ3n) is 0.989. The predicted molar refractivity (Wildman–Crippen MR) is 47.8 cm³/mol. The van der Waals surface area contributed by atoms with Crippen LogP contribution in [0.3, 0.4) is 0 Å². The van der Waals surface area contributed by atoms with Crippen LogP contribution >= 0.6 is 0 Å². The van der Waals surface area contributed by atoms with Gasteiger partial charge in [0.1, 0.15) is 0 Å². The molecule has 0 aromatic rings. The van der Waals surface area contributed by atoms with Gasteiger partial charge in [0.25, 0.3) is 5.97 Å². The molecular weight excluding hydrogens is 412 g/mol. The van der Waals surface area contributed by atoms with Crippen molar-refractivity contribution in [2.24, 2.45) is 0 Å². The van der Waals surface area contributed by atoms with Crippen molar-refractivity contribution in [3.05, 3.63) is 12.7 Å².